The molecule has 0 saturated carbocycles. The largest absolute Gasteiger partial charge is 0.339 e. The monoisotopic (exact) mass is 329 g/mol. The summed E-state index contributed by atoms with van der Waals surface area (Å²) in [6, 6.07) is 5.91. The molecule has 0 bridgehead atoms. The van der Waals surface area contributed by atoms with E-state index in [-0.39, 0.29) is 17.7 Å². The van der Waals surface area contributed by atoms with Crippen LogP contribution in [0.1, 0.15) is 24.5 Å². The summed E-state index contributed by atoms with van der Waals surface area (Å²) >= 11 is 0. The molecule has 24 heavy (non-hydrogen) atoms. The number of piperazine rings is 1. The minimum absolute atomic E-state index is 0.0652. The Morgan fingerprint density at radius 3 is 2.38 bits per heavy atom. The quantitative estimate of drug-likeness (QED) is 0.807. The minimum atomic E-state index is 0.0652. The number of benzene rings is 1. The van der Waals surface area contributed by atoms with Crippen molar-refractivity contribution in [2.45, 2.75) is 26.2 Å². The Bertz CT molecular complexity index is 678. The van der Waals surface area contributed by atoms with Crippen LogP contribution in [-0.4, -0.2) is 60.7 Å². The third kappa shape index (κ3) is 3.27. The number of carbonyl (C=O) groups is 3. The Labute approximate surface area is 142 Å². The van der Waals surface area contributed by atoms with Gasteiger partial charge in [-0.15, -0.1) is 0 Å². The molecule has 0 N–H and O–H groups in total. The van der Waals surface area contributed by atoms with E-state index in [0.717, 1.165) is 23.2 Å². The van der Waals surface area contributed by atoms with Crippen molar-refractivity contribution < 1.29 is 14.4 Å². The Morgan fingerprint density at radius 2 is 1.71 bits per heavy atom. The normalized spacial score (nSPS) is 17.8. The first-order valence-corrected chi connectivity index (χ1v) is 8.37. The van der Waals surface area contributed by atoms with Gasteiger partial charge < -0.3 is 14.7 Å². The summed E-state index contributed by atoms with van der Waals surface area (Å²) in [5, 5.41) is 0. The molecule has 0 aromatic heterocycles. The fourth-order valence-electron chi connectivity index (χ4n) is 3.38. The smallest absolute Gasteiger partial charge is 0.227 e. The lowest BCUT2D eigenvalue weighted by atomic mass is 9.98. The maximum Gasteiger partial charge on any atom is 0.227 e. The van der Waals surface area contributed by atoms with Gasteiger partial charge in [0.05, 0.1) is 6.42 Å². The molecule has 1 fully saturated rings. The van der Waals surface area contributed by atoms with Gasteiger partial charge in [0.1, 0.15) is 0 Å². The zero-order valence-corrected chi connectivity index (χ0v) is 14.2. The molecule has 2 aliphatic rings. The second kappa shape index (κ2) is 6.63. The summed E-state index contributed by atoms with van der Waals surface area (Å²) in [5.74, 6) is 0.295. The molecule has 3 rings (SSSR count). The highest BCUT2D eigenvalue weighted by Crippen LogP contribution is 2.27. The highest BCUT2D eigenvalue weighted by molar-refractivity contribution is 5.96. The third-order valence-electron chi connectivity index (χ3n) is 4.92. The molecular weight excluding hydrogens is 306 g/mol. The highest BCUT2D eigenvalue weighted by Gasteiger charge is 2.24. The summed E-state index contributed by atoms with van der Waals surface area (Å²) in [5.41, 5.74) is 3.05. The van der Waals surface area contributed by atoms with E-state index in [1.165, 1.54) is 0 Å². The highest BCUT2D eigenvalue weighted by atomic mass is 16.2. The van der Waals surface area contributed by atoms with Crippen LogP contribution in [0.25, 0.3) is 0 Å². The van der Waals surface area contributed by atoms with Crippen molar-refractivity contribution in [1.29, 1.82) is 0 Å². The summed E-state index contributed by atoms with van der Waals surface area (Å²) in [6.07, 6.45) is 1.62. The van der Waals surface area contributed by atoms with Crippen LogP contribution in [0.15, 0.2) is 18.2 Å². The molecule has 0 spiro atoms. The topological polar surface area (TPSA) is 60.9 Å². The first-order valence-electron chi connectivity index (χ1n) is 8.37. The van der Waals surface area contributed by atoms with Crippen LogP contribution in [0.5, 0.6) is 0 Å². The molecule has 6 heteroatoms. The van der Waals surface area contributed by atoms with Gasteiger partial charge in [0, 0.05) is 52.3 Å². The molecular formula is C18H23N3O3. The predicted octanol–water partition coefficient (Wildman–Crippen LogP) is 0.829. The van der Waals surface area contributed by atoms with Gasteiger partial charge in [0.2, 0.25) is 17.7 Å². The second-order valence-electron chi connectivity index (χ2n) is 6.48. The first-order chi connectivity index (χ1) is 11.5. The summed E-state index contributed by atoms with van der Waals surface area (Å²) in [7, 11) is 1.79. The fourth-order valence-corrected chi connectivity index (χ4v) is 3.38. The number of fused-ring (bicyclic) bond motifs is 1. The lowest BCUT2D eigenvalue weighted by Crippen LogP contribution is -2.50. The van der Waals surface area contributed by atoms with Crippen LogP contribution >= 0.6 is 0 Å². The van der Waals surface area contributed by atoms with Gasteiger partial charge in [0.25, 0.3) is 0 Å². The van der Waals surface area contributed by atoms with Gasteiger partial charge in [-0.3, -0.25) is 14.4 Å². The number of hydrogen-bond donors (Lipinski definition) is 0. The van der Waals surface area contributed by atoms with Gasteiger partial charge >= 0.3 is 0 Å². The average Bonchev–Trinajstić information content (AvgIpc) is 2.58. The van der Waals surface area contributed by atoms with Crippen LogP contribution in [0, 0.1) is 0 Å². The molecule has 1 aromatic rings. The van der Waals surface area contributed by atoms with Crippen molar-refractivity contribution in [3.63, 3.8) is 0 Å². The second-order valence-corrected chi connectivity index (χ2v) is 6.48. The van der Waals surface area contributed by atoms with Crippen molar-refractivity contribution in [3.05, 3.63) is 29.3 Å². The SMILES string of the molecule is CC(=O)N1CCN(C(=O)Cc2ccc3c(c2)CCC(=O)N3C)CC1. The van der Waals surface area contributed by atoms with E-state index in [1.807, 2.05) is 23.1 Å². The van der Waals surface area contributed by atoms with Gasteiger partial charge in [-0.25, -0.2) is 0 Å². The molecule has 0 radical (unpaired) electrons. The van der Waals surface area contributed by atoms with Gasteiger partial charge in [-0.1, -0.05) is 12.1 Å². The van der Waals surface area contributed by atoms with Gasteiger partial charge in [0.15, 0.2) is 0 Å². The molecule has 2 heterocycles. The predicted molar refractivity (Wildman–Crippen MR) is 90.7 cm³/mol. The summed E-state index contributed by atoms with van der Waals surface area (Å²) in [4.78, 5) is 40.9. The number of amides is 3. The number of anilines is 1. The van der Waals surface area contributed by atoms with E-state index in [2.05, 4.69) is 0 Å². The van der Waals surface area contributed by atoms with E-state index in [1.54, 1.807) is 23.8 Å². The first kappa shape index (κ1) is 16.5. The van der Waals surface area contributed by atoms with Crippen LogP contribution in [-0.2, 0) is 27.2 Å². The fraction of sp³-hybridized carbons (Fsp3) is 0.500. The Balaban J connectivity index is 1.63. The zero-order chi connectivity index (χ0) is 17.3. The lowest BCUT2D eigenvalue weighted by molar-refractivity contribution is -0.138. The van der Waals surface area contributed by atoms with Crippen LogP contribution in [0.2, 0.25) is 0 Å². The van der Waals surface area contributed by atoms with Crippen molar-refractivity contribution in [2.75, 3.05) is 38.1 Å². The van der Waals surface area contributed by atoms with Crippen LogP contribution in [0.3, 0.4) is 0 Å². The molecule has 0 atom stereocenters. The van der Waals surface area contributed by atoms with Crippen LogP contribution in [0.4, 0.5) is 5.69 Å². The molecule has 1 aromatic carbocycles. The van der Waals surface area contributed by atoms with Crippen molar-refractivity contribution in [3.8, 4) is 0 Å². The number of rotatable bonds is 2. The molecule has 128 valence electrons. The Morgan fingerprint density at radius 1 is 1.04 bits per heavy atom. The average molecular weight is 329 g/mol. The van der Waals surface area contributed by atoms with Gasteiger partial charge in [-0.2, -0.15) is 0 Å². The Hall–Kier alpha value is -2.37. The zero-order valence-electron chi connectivity index (χ0n) is 14.2. The van der Waals surface area contributed by atoms with Crippen molar-refractivity contribution in [2.24, 2.45) is 0 Å². The van der Waals surface area contributed by atoms with Crippen LogP contribution < -0.4 is 4.90 Å². The molecule has 0 aliphatic carbocycles. The maximum absolute atomic E-state index is 12.5. The number of carbonyl (C=O) groups excluding carboxylic acids is 3. The molecule has 6 nitrogen and oxygen atoms in total. The standard InChI is InChI=1S/C18H23N3O3/c1-13(22)20-7-9-21(10-8-20)18(24)12-14-3-5-16-15(11-14)4-6-17(23)19(16)2/h3,5,11H,4,6-10,12H2,1-2H3. The lowest BCUT2D eigenvalue weighted by Gasteiger charge is -2.34. The summed E-state index contributed by atoms with van der Waals surface area (Å²) < 4.78 is 0. The number of hydrogen-bond acceptors (Lipinski definition) is 3. The van der Waals surface area contributed by atoms with E-state index in [4.69, 9.17) is 0 Å². The minimum Gasteiger partial charge on any atom is -0.339 e. The molecule has 3 amide bonds. The van der Waals surface area contributed by atoms with Crippen molar-refractivity contribution in [1.82, 2.24) is 9.80 Å². The van der Waals surface area contributed by atoms with E-state index in [0.29, 0.717) is 39.0 Å². The van der Waals surface area contributed by atoms with E-state index < -0.39 is 0 Å². The molecule has 2 aliphatic heterocycles. The third-order valence-corrected chi connectivity index (χ3v) is 4.92. The summed E-state index contributed by atoms with van der Waals surface area (Å²) in [6.45, 7) is 3.98. The van der Waals surface area contributed by atoms with E-state index >= 15 is 0 Å². The number of aryl methyl sites for hydroxylation is 1. The molecule has 0 unspecified atom stereocenters. The molecule has 1 saturated heterocycles. The van der Waals surface area contributed by atoms with Crippen molar-refractivity contribution >= 4 is 23.4 Å². The van der Waals surface area contributed by atoms with Gasteiger partial charge in [-0.05, 0) is 23.6 Å². The Kier molecular flexibility index (Phi) is 4.55. The maximum atomic E-state index is 12.5. The van der Waals surface area contributed by atoms with E-state index in [9.17, 15) is 14.4 Å². The number of nitrogens with zero attached hydrogens (tertiary/aromatic N) is 3.